The van der Waals surface area contributed by atoms with Crippen molar-refractivity contribution in [1.82, 2.24) is 15.3 Å². The van der Waals surface area contributed by atoms with Crippen LogP contribution in [0.1, 0.15) is 24.2 Å². The van der Waals surface area contributed by atoms with Crippen LogP contribution in [0.5, 0.6) is 0 Å². The highest BCUT2D eigenvalue weighted by atomic mass is 16.3. The van der Waals surface area contributed by atoms with Gasteiger partial charge in [0.1, 0.15) is 0 Å². The van der Waals surface area contributed by atoms with Gasteiger partial charge in [-0.15, -0.1) is 0 Å². The summed E-state index contributed by atoms with van der Waals surface area (Å²) < 4.78 is 0. The van der Waals surface area contributed by atoms with Crippen molar-refractivity contribution in [3.8, 4) is 0 Å². The van der Waals surface area contributed by atoms with Crippen molar-refractivity contribution in [2.24, 2.45) is 0 Å². The van der Waals surface area contributed by atoms with E-state index in [9.17, 15) is 5.11 Å². The Morgan fingerprint density at radius 3 is 2.50 bits per heavy atom. The van der Waals surface area contributed by atoms with Gasteiger partial charge in [0.05, 0.1) is 6.10 Å². The summed E-state index contributed by atoms with van der Waals surface area (Å²) in [4.78, 5) is 8.40. The minimum Gasteiger partial charge on any atom is -0.387 e. The third kappa shape index (κ3) is 4.29. The van der Waals surface area contributed by atoms with Gasteiger partial charge >= 0.3 is 0 Å². The first-order valence-corrected chi connectivity index (χ1v) is 6.78. The number of nitrogens with one attached hydrogen (secondary N) is 2. The Morgan fingerprint density at radius 1 is 1.15 bits per heavy atom. The topological polar surface area (TPSA) is 70.1 Å². The fraction of sp³-hybridized carbons (Fsp3) is 0.333. The van der Waals surface area contributed by atoms with Crippen LogP contribution in [0.25, 0.3) is 0 Å². The molecule has 0 amide bonds. The second-order valence-corrected chi connectivity index (χ2v) is 4.50. The number of anilines is 1. The Bertz CT molecular complexity index is 501. The molecule has 1 aromatic heterocycles. The first-order valence-electron chi connectivity index (χ1n) is 6.78. The standard InChI is InChI=1S/C15H20N4O/c1-2-17-15-18-9-12(10-19-15)8-16-11-14(20)13-6-4-3-5-7-13/h3-7,9-10,14,16,20H,2,8,11H2,1H3,(H,17,18,19). The maximum Gasteiger partial charge on any atom is 0.222 e. The summed E-state index contributed by atoms with van der Waals surface area (Å²) in [5, 5.41) is 16.3. The van der Waals surface area contributed by atoms with Crippen molar-refractivity contribution in [2.75, 3.05) is 18.4 Å². The number of rotatable bonds is 7. The molecule has 5 nitrogen and oxygen atoms in total. The maximum absolute atomic E-state index is 10.0. The average molecular weight is 272 g/mol. The predicted octanol–water partition coefficient (Wildman–Crippen LogP) is 1.73. The Hall–Kier alpha value is -1.98. The van der Waals surface area contributed by atoms with E-state index in [0.29, 0.717) is 19.0 Å². The van der Waals surface area contributed by atoms with Crippen LogP contribution in [0.15, 0.2) is 42.7 Å². The molecule has 0 fully saturated rings. The van der Waals surface area contributed by atoms with Gasteiger partial charge in [-0.2, -0.15) is 0 Å². The SMILES string of the molecule is CCNc1ncc(CNCC(O)c2ccccc2)cn1. The van der Waals surface area contributed by atoms with Crippen LogP contribution >= 0.6 is 0 Å². The molecule has 1 heterocycles. The summed E-state index contributed by atoms with van der Waals surface area (Å²) in [6.45, 7) is 3.94. The quantitative estimate of drug-likeness (QED) is 0.716. The lowest BCUT2D eigenvalue weighted by Crippen LogP contribution is -2.21. The van der Waals surface area contributed by atoms with E-state index in [0.717, 1.165) is 17.7 Å². The largest absolute Gasteiger partial charge is 0.387 e. The molecule has 0 bridgehead atoms. The van der Waals surface area contributed by atoms with E-state index in [2.05, 4.69) is 20.6 Å². The first-order chi connectivity index (χ1) is 9.79. The van der Waals surface area contributed by atoms with Crippen molar-refractivity contribution < 1.29 is 5.11 Å². The highest BCUT2D eigenvalue weighted by Gasteiger charge is 2.06. The predicted molar refractivity (Wildman–Crippen MR) is 79.3 cm³/mol. The molecule has 0 saturated heterocycles. The van der Waals surface area contributed by atoms with Gasteiger partial charge in [-0.3, -0.25) is 0 Å². The summed E-state index contributed by atoms with van der Waals surface area (Å²) >= 11 is 0. The maximum atomic E-state index is 10.0. The summed E-state index contributed by atoms with van der Waals surface area (Å²) in [7, 11) is 0. The van der Waals surface area contributed by atoms with Gasteiger partial charge in [-0.05, 0) is 12.5 Å². The van der Waals surface area contributed by atoms with E-state index in [1.165, 1.54) is 0 Å². The molecule has 0 radical (unpaired) electrons. The molecule has 2 rings (SSSR count). The van der Waals surface area contributed by atoms with Crippen molar-refractivity contribution in [1.29, 1.82) is 0 Å². The molecule has 1 unspecified atom stereocenters. The molecule has 0 aliphatic carbocycles. The Labute approximate surface area is 119 Å². The normalized spacial score (nSPS) is 12.1. The number of benzene rings is 1. The van der Waals surface area contributed by atoms with Gasteiger partial charge in [0.2, 0.25) is 5.95 Å². The molecule has 0 aliphatic heterocycles. The van der Waals surface area contributed by atoms with Gasteiger partial charge in [0.25, 0.3) is 0 Å². The molecular formula is C15H20N4O. The molecule has 1 aromatic carbocycles. The molecule has 106 valence electrons. The third-order valence-corrected chi connectivity index (χ3v) is 2.89. The second kappa shape index (κ2) is 7.57. The van der Waals surface area contributed by atoms with E-state index in [1.54, 1.807) is 12.4 Å². The summed E-state index contributed by atoms with van der Waals surface area (Å²) in [6, 6.07) is 9.62. The van der Waals surface area contributed by atoms with Gasteiger partial charge in [-0.1, -0.05) is 30.3 Å². The van der Waals surface area contributed by atoms with Crippen LogP contribution in [0.3, 0.4) is 0 Å². The zero-order chi connectivity index (χ0) is 14.2. The molecule has 1 atom stereocenters. The van der Waals surface area contributed by atoms with E-state index in [4.69, 9.17) is 0 Å². The zero-order valence-electron chi connectivity index (χ0n) is 11.6. The van der Waals surface area contributed by atoms with Crippen LogP contribution < -0.4 is 10.6 Å². The smallest absolute Gasteiger partial charge is 0.222 e. The van der Waals surface area contributed by atoms with Gasteiger partial charge < -0.3 is 15.7 Å². The summed E-state index contributed by atoms with van der Waals surface area (Å²) in [6.07, 6.45) is 3.07. The third-order valence-electron chi connectivity index (χ3n) is 2.89. The van der Waals surface area contributed by atoms with E-state index in [-0.39, 0.29) is 0 Å². The van der Waals surface area contributed by atoms with Gasteiger partial charge in [-0.25, -0.2) is 9.97 Å². The molecular weight excluding hydrogens is 252 g/mol. The van der Waals surface area contributed by atoms with Crippen LogP contribution in [-0.2, 0) is 6.54 Å². The number of aliphatic hydroxyl groups is 1. The van der Waals surface area contributed by atoms with Crippen molar-refractivity contribution in [2.45, 2.75) is 19.6 Å². The molecule has 2 aromatic rings. The Balaban J connectivity index is 1.78. The monoisotopic (exact) mass is 272 g/mol. The highest BCUT2D eigenvalue weighted by Crippen LogP contribution is 2.10. The second-order valence-electron chi connectivity index (χ2n) is 4.50. The number of hydrogen-bond acceptors (Lipinski definition) is 5. The van der Waals surface area contributed by atoms with E-state index in [1.807, 2.05) is 37.3 Å². The van der Waals surface area contributed by atoms with E-state index >= 15 is 0 Å². The summed E-state index contributed by atoms with van der Waals surface area (Å²) in [5.41, 5.74) is 1.91. The molecule has 0 saturated carbocycles. The summed E-state index contributed by atoms with van der Waals surface area (Å²) in [5.74, 6) is 0.639. The molecule has 0 spiro atoms. The fourth-order valence-electron chi connectivity index (χ4n) is 1.84. The molecule has 3 N–H and O–H groups in total. The van der Waals surface area contributed by atoms with Gasteiger partial charge in [0, 0.05) is 37.6 Å². The first kappa shape index (κ1) is 14.4. The van der Waals surface area contributed by atoms with Gasteiger partial charge in [0.15, 0.2) is 0 Å². The minimum absolute atomic E-state index is 0.499. The Morgan fingerprint density at radius 2 is 1.85 bits per heavy atom. The molecule has 5 heteroatoms. The number of aliphatic hydroxyl groups excluding tert-OH is 1. The van der Waals surface area contributed by atoms with Crippen LogP contribution in [0, 0.1) is 0 Å². The van der Waals surface area contributed by atoms with Crippen molar-refractivity contribution in [3.05, 3.63) is 53.9 Å². The Kier molecular flexibility index (Phi) is 5.46. The van der Waals surface area contributed by atoms with Crippen LogP contribution in [0.2, 0.25) is 0 Å². The van der Waals surface area contributed by atoms with Crippen molar-refractivity contribution >= 4 is 5.95 Å². The van der Waals surface area contributed by atoms with Crippen LogP contribution in [0.4, 0.5) is 5.95 Å². The average Bonchev–Trinajstić information content (AvgIpc) is 2.50. The number of nitrogens with zero attached hydrogens (tertiary/aromatic N) is 2. The van der Waals surface area contributed by atoms with Crippen molar-refractivity contribution in [3.63, 3.8) is 0 Å². The lowest BCUT2D eigenvalue weighted by atomic mass is 10.1. The lowest BCUT2D eigenvalue weighted by molar-refractivity contribution is 0.174. The minimum atomic E-state index is -0.502. The number of aromatic nitrogens is 2. The number of hydrogen-bond donors (Lipinski definition) is 3. The van der Waals surface area contributed by atoms with E-state index < -0.39 is 6.10 Å². The lowest BCUT2D eigenvalue weighted by Gasteiger charge is -2.12. The molecule has 20 heavy (non-hydrogen) atoms. The molecule has 0 aliphatic rings. The fourth-order valence-corrected chi connectivity index (χ4v) is 1.84. The zero-order valence-corrected chi connectivity index (χ0v) is 11.6. The highest BCUT2D eigenvalue weighted by molar-refractivity contribution is 5.24. The van der Waals surface area contributed by atoms with Crippen LogP contribution in [-0.4, -0.2) is 28.2 Å².